The van der Waals surface area contributed by atoms with Gasteiger partial charge in [-0.05, 0) is 50.6 Å². The fourth-order valence-electron chi connectivity index (χ4n) is 2.44. The molecular formula is C13H20ClN3O2. The molecular weight excluding hydrogens is 266 g/mol. The van der Waals surface area contributed by atoms with Gasteiger partial charge in [-0.3, -0.25) is 4.79 Å². The van der Waals surface area contributed by atoms with Crippen molar-refractivity contribution in [1.29, 1.82) is 0 Å². The topological polar surface area (TPSA) is 81.2 Å². The largest absolute Gasteiger partial charge is 0.353 e. The number of carbonyl (C=O) groups is 1. The second-order valence-electron chi connectivity index (χ2n) is 5.20. The zero-order valence-corrected chi connectivity index (χ0v) is 11.9. The molecule has 1 heterocycles. The zero-order chi connectivity index (χ0) is 13.8. The molecule has 0 aliphatic heterocycles. The summed E-state index contributed by atoms with van der Waals surface area (Å²) in [5.74, 6) is 0.0529. The van der Waals surface area contributed by atoms with Crippen LogP contribution in [0.5, 0.6) is 0 Å². The Labute approximate surface area is 117 Å². The molecule has 0 bridgehead atoms. The van der Waals surface area contributed by atoms with Crippen LogP contribution in [0.15, 0.2) is 4.52 Å². The number of rotatable bonds is 4. The highest BCUT2D eigenvalue weighted by Gasteiger charge is 2.20. The molecule has 106 valence electrons. The first kappa shape index (κ1) is 14.3. The van der Waals surface area contributed by atoms with E-state index in [9.17, 15) is 4.79 Å². The smallest absolute Gasteiger partial charge is 0.229 e. The molecule has 0 atom stereocenters. The maximum atomic E-state index is 11.9. The predicted octanol–water partition coefficient (Wildman–Crippen LogP) is 1.96. The Morgan fingerprint density at radius 1 is 1.47 bits per heavy atom. The summed E-state index contributed by atoms with van der Waals surface area (Å²) in [5, 5.41) is 7.10. The van der Waals surface area contributed by atoms with E-state index < -0.39 is 0 Å². The van der Waals surface area contributed by atoms with Gasteiger partial charge in [-0.25, -0.2) is 0 Å². The highest BCUT2D eigenvalue weighted by molar-refractivity contribution is 6.29. The quantitative estimate of drug-likeness (QED) is 0.886. The monoisotopic (exact) mass is 285 g/mol. The maximum Gasteiger partial charge on any atom is 0.229 e. The number of hydrogen-bond acceptors (Lipinski definition) is 4. The van der Waals surface area contributed by atoms with Crippen LogP contribution in [0.25, 0.3) is 0 Å². The van der Waals surface area contributed by atoms with E-state index in [1.165, 1.54) is 0 Å². The highest BCUT2D eigenvalue weighted by Crippen LogP contribution is 2.21. The van der Waals surface area contributed by atoms with Gasteiger partial charge >= 0.3 is 0 Å². The molecule has 2 rings (SSSR count). The number of nitrogens with one attached hydrogen (secondary N) is 1. The van der Waals surface area contributed by atoms with Crippen LogP contribution in [0.2, 0.25) is 5.22 Å². The molecule has 0 radical (unpaired) electrons. The molecule has 1 aromatic heterocycles. The molecule has 1 amide bonds. The van der Waals surface area contributed by atoms with Crippen molar-refractivity contribution >= 4 is 17.5 Å². The third-order valence-corrected chi connectivity index (χ3v) is 3.97. The van der Waals surface area contributed by atoms with Crippen molar-refractivity contribution in [2.45, 2.75) is 57.5 Å². The standard InChI is InChI=1S/C13H20ClN3O2/c1-8-11(13(14)19-17-8)6-7-12(18)16-10-4-2-9(15)3-5-10/h9-10H,2-7,15H2,1H3,(H,16,18). The second-order valence-corrected chi connectivity index (χ2v) is 5.54. The Morgan fingerprint density at radius 3 is 2.74 bits per heavy atom. The molecule has 19 heavy (non-hydrogen) atoms. The number of nitrogens with two attached hydrogens (primary N) is 1. The fraction of sp³-hybridized carbons (Fsp3) is 0.692. The number of aromatic nitrogens is 1. The van der Waals surface area contributed by atoms with Crippen molar-refractivity contribution in [3.05, 3.63) is 16.5 Å². The van der Waals surface area contributed by atoms with Crippen molar-refractivity contribution in [1.82, 2.24) is 10.5 Å². The van der Waals surface area contributed by atoms with Gasteiger partial charge in [0.1, 0.15) is 0 Å². The number of carbonyl (C=O) groups excluding carboxylic acids is 1. The summed E-state index contributed by atoms with van der Waals surface area (Å²) in [6.45, 7) is 1.82. The average molecular weight is 286 g/mol. The van der Waals surface area contributed by atoms with E-state index in [1.54, 1.807) is 0 Å². The molecule has 0 spiro atoms. The number of halogens is 1. The van der Waals surface area contributed by atoms with Crippen LogP contribution in [0.4, 0.5) is 0 Å². The highest BCUT2D eigenvalue weighted by atomic mass is 35.5. The van der Waals surface area contributed by atoms with Gasteiger partial charge in [0, 0.05) is 24.1 Å². The minimum atomic E-state index is 0.0529. The van der Waals surface area contributed by atoms with Gasteiger partial charge in [0.05, 0.1) is 5.69 Å². The lowest BCUT2D eigenvalue weighted by Crippen LogP contribution is -2.40. The van der Waals surface area contributed by atoms with Gasteiger partial charge in [0.15, 0.2) is 0 Å². The lowest BCUT2D eigenvalue weighted by Gasteiger charge is -2.26. The van der Waals surface area contributed by atoms with Gasteiger partial charge < -0.3 is 15.6 Å². The summed E-state index contributed by atoms with van der Waals surface area (Å²) < 4.78 is 4.86. The molecule has 6 heteroatoms. The second kappa shape index (κ2) is 6.39. The van der Waals surface area contributed by atoms with Gasteiger partial charge in [-0.15, -0.1) is 0 Å². The number of nitrogens with zero attached hydrogens (tertiary/aromatic N) is 1. The van der Waals surface area contributed by atoms with Crippen LogP contribution < -0.4 is 11.1 Å². The molecule has 1 aromatic rings. The van der Waals surface area contributed by atoms with Gasteiger partial charge in [-0.2, -0.15) is 0 Å². The van der Waals surface area contributed by atoms with E-state index in [0.29, 0.717) is 18.9 Å². The van der Waals surface area contributed by atoms with E-state index in [2.05, 4.69) is 10.5 Å². The van der Waals surface area contributed by atoms with E-state index in [-0.39, 0.29) is 17.2 Å². The van der Waals surface area contributed by atoms with Crippen LogP contribution in [0, 0.1) is 6.92 Å². The first-order valence-electron chi connectivity index (χ1n) is 6.72. The first-order chi connectivity index (χ1) is 9.06. The Kier molecular flexibility index (Phi) is 4.82. The van der Waals surface area contributed by atoms with Crippen molar-refractivity contribution < 1.29 is 9.32 Å². The minimum absolute atomic E-state index is 0.0529. The molecule has 1 aliphatic carbocycles. The first-order valence-corrected chi connectivity index (χ1v) is 7.09. The van der Waals surface area contributed by atoms with E-state index in [1.807, 2.05) is 6.92 Å². The van der Waals surface area contributed by atoms with Crippen LogP contribution >= 0.6 is 11.6 Å². The molecule has 1 saturated carbocycles. The summed E-state index contributed by atoms with van der Waals surface area (Å²) in [7, 11) is 0. The summed E-state index contributed by atoms with van der Waals surface area (Å²) in [6.07, 6.45) is 4.89. The number of hydrogen-bond donors (Lipinski definition) is 2. The fourth-order valence-corrected chi connectivity index (χ4v) is 2.71. The Balaban J connectivity index is 1.76. The van der Waals surface area contributed by atoms with Gasteiger partial charge in [-0.1, -0.05) is 5.16 Å². The molecule has 0 unspecified atom stereocenters. The average Bonchev–Trinajstić information content (AvgIpc) is 2.70. The number of amides is 1. The third-order valence-electron chi connectivity index (χ3n) is 3.68. The van der Waals surface area contributed by atoms with Crippen molar-refractivity contribution in [2.24, 2.45) is 5.73 Å². The van der Waals surface area contributed by atoms with Crippen molar-refractivity contribution in [3.63, 3.8) is 0 Å². The van der Waals surface area contributed by atoms with Gasteiger partial charge in [0.25, 0.3) is 0 Å². The van der Waals surface area contributed by atoms with E-state index in [4.69, 9.17) is 21.9 Å². The summed E-state index contributed by atoms with van der Waals surface area (Å²) in [4.78, 5) is 11.9. The zero-order valence-electron chi connectivity index (χ0n) is 11.1. The van der Waals surface area contributed by atoms with Crippen molar-refractivity contribution in [3.8, 4) is 0 Å². The normalized spacial score (nSPS) is 23.3. The minimum Gasteiger partial charge on any atom is -0.353 e. The summed E-state index contributed by atoms with van der Waals surface area (Å²) in [6, 6.07) is 0.568. The summed E-state index contributed by atoms with van der Waals surface area (Å²) in [5.41, 5.74) is 7.41. The van der Waals surface area contributed by atoms with Crippen molar-refractivity contribution in [2.75, 3.05) is 0 Å². The Hall–Kier alpha value is -1.07. The predicted molar refractivity (Wildman–Crippen MR) is 72.9 cm³/mol. The molecule has 3 N–H and O–H groups in total. The van der Waals surface area contributed by atoms with Crippen LogP contribution in [-0.2, 0) is 11.2 Å². The summed E-state index contributed by atoms with van der Waals surface area (Å²) >= 11 is 5.86. The molecule has 5 nitrogen and oxygen atoms in total. The van der Waals surface area contributed by atoms with E-state index >= 15 is 0 Å². The Morgan fingerprint density at radius 2 is 2.16 bits per heavy atom. The molecule has 1 aliphatic rings. The Bertz CT molecular complexity index is 420. The molecule has 1 fully saturated rings. The molecule has 0 saturated heterocycles. The lowest BCUT2D eigenvalue weighted by atomic mass is 9.92. The van der Waals surface area contributed by atoms with Crippen LogP contribution in [-0.4, -0.2) is 23.1 Å². The van der Waals surface area contributed by atoms with Crippen LogP contribution in [0.3, 0.4) is 0 Å². The molecule has 0 aromatic carbocycles. The van der Waals surface area contributed by atoms with Crippen LogP contribution in [0.1, 0.15) is 43.4 Å². The SMILES string of the molecule is Cc1noc(Cl)c1CCC(=O)NC1CCC(N)CC1. The van der Waals surface area contributed by atoms with Gasteiger partial charge in [0.2, 0.25) is 11.1 Å². The lowest BCUT2D eigenvalue weighted by molar-refractivity contribution is -0.122. The van der Waals surface area contributed by atoms with E-state index in [0.717, 1.165) is 36.9 Å². The maximum absolute atomic E-state index is 11.9. The third kappa shape index (κ3) is 3.94. The number of aryl methyl sites for hydroxylation is 1.